The van der Waals surface area contributed by atoms with Crippen LogP contribution in [-0.2, 0) is 25.5 Å². The summed E-state index contributed by atoms with van der Waals surface area (Å²) in [5, 5.41) is 21.0. The van der Waals surface area contributed by atoms with Crippen LogP contribution in [0.4, 0.5) is 10.5 Å². The number of aliphatic hydroxyl groups excluding tert-OH is 1. The van der Waals surface area contributed by atoms with Crippen LogP contribution in [0.15, 0.2) is 68.8 Å². The minimum absolute atomic E-state index is 0.0624. The van der Waals surface area contributed by atoms with Crippen LogP contribution < -0.4 is 38.4 Å². The van der Waals surface area contributed by atoms with Crippen LogP contribution in [0.25, 0.3) is 11.0 Å². The Labute approximate surface area is 277 Å². The van der Waals surface area contributed by atoms with E-state index in [1.54, 1.807) is 70.2 Å². The summed E-state index contributed by atoms with van der Waals surface area (Å²) < 4.78 is 10.6. The SMILES string of the molecule is Cc1cc(=O)oc2cc(NC(=O)[C@@H](CCCN=C(N)N)NC(=O)[C@@H](CO)NC(=O)[C@@H](Cc3ccccc3)NC(=O)OC(C)(C)C)ccc12. The van der Waals surface area contributed by atoms with Gasteiger partial charge in [0.15, 0.2) is 5.96 Å². The number of aliphatic imine (C=N–C) groups is 1. The Hall–Kier alpha value is -5.44. The summed E-state index contributed by atoms with van der Waals surface area (Å²) in [4.78, 5) is 68.5. The first-order valence-electron chi connectivity index (χ1n) is 15.3. The molecule has 2 aromatic carbocycles. The number of hydrogen-bond donors (Lipinski definition) is 7. The van der Waals surface area contributed by atoms with Gasteiger partial charge >= 0.3 is 11.7 Å². The number of carbonyl (C=O) groups excluding carboxylic acids is 4. The average Bonchev–Trinajstić information content (AvgIpc) is 2.99. The predicted molar refractivity (Wildman–Crippen MR) is 180 cm³/mol. The third kappa shape index (κ3) is 11.7. The van der Waals surface area contributed by atoms with Gasteiger partial charge in [0.2, 0.25) is 17.7 Å². The summed E-state index contributed by atoms with van der Waals surface area (Å²) in [6, 6.07) is 11.2. The molecule has 48 heavy (non-hydrogen) atoms. The number of anilines is 1. The Kier molecular flexibility index (Phi) is 13.1. The third-order valence-corrected chi connectivity index (χ3v) is 6.90. The second-order valence-corrected chi connectivity index (χ2v) is 12.1. The predicted octanol–water partition coefficient (Wildman–Crippen LogP) is 1.19. The summed E-state index contributed by atoms with van der Waals surface area (Å²) in [5.41, 5.74) is 11.4. The van der Waals surface area contributed by atoms with Gasteiger partial charge in [0, 0.05) is 36.2 Å². The monoisotopic (exact) mass is 665 g/mol. The van der Waals surface area contributed by atoms with Crippen molar-refractivity contribution in [3.8, 4) is 0 Å². The first-order chi connectivity index (χ1) is 22.6. The van der Waals surface area contributed by atoms with E-state index in [2.05, 4.69) is 26.3 Å². The Morgan fingerprint density at radius 3 is 2.23 bits per heavy atom. The van der Waals surface area contributed by atoms with Gasteiger partial charge in [-0.15, -0.1) is 0 Å². The Morgan fingerprint density at radius 2 is 1.58 bits per heavy atom. The molecule has 15 nitrogen and oxygen atoms in total. The molecule has 0 radical (unpaired) electrons. The van der Waals surface area contributed by atoms with Crippen molar-refractivity contribution < 1.29 is 33.4 Å². The van der Waals surface area contributed by atoms with Gasteiger partial charge < -0.3 is 47.0 Å². The summed E-state index contributed by atoms with van der Waals surface area (Å²) in [6.07, 6.45) is -0.410. The molecule has 3 atom stereocenters. The summed E-state index contributed by atoms with van der Waals surface area (Å²) >= 11 is 0. The van der Waals surface area contributed by atoms with Crippen LogP contribution in [0, 0.1) is 6.92 Å². The molecule has 1 heterocycles. The van der Waals surface area contributed by atoms with E-state index in [0.717, 1.165) is 5.56 Å². The maximum Gasteiger partial charge on any atom is 0.408 e. The number of fused-ring (bicyclic) bond motifs is 1. The third-order valence-electron chi connectivity index (χ3n) is 6.90. The van der Waals surface area contributed by atoms with Gasteiger partial charge in [0.25, 0.3) is 0 Å². The van der Waals surface area contributed by atoms with E-state index < -0.39 is 59.8 Å². The molecule has 0 bridgehead atoms. The average molecular weight is 666 g/mol. The largest absolute Gasteiger partial charge is 0.444 e. The normalized spacial score (nSPS) is 13.0. The van der Waals surface area contributed by atoms with Crippen LogP contribution in [0.5, 0.6) is 0 Å². The van der Waals surface area contributed by atoms with Crippen molar-refractivity contribution in [2.45, 2.75) is 70.7 Å². The number of benzene rings is 2. The molecule has 3 aromatic rings. The van der Waals surface area contributed by atoms with Crippen molar-refractivity contribution in [2.24, 2.45) is 16.5 Å². The molecule has 9 N–H and O–H groups in total. The number of ether oxygens (including phenoxy) is 1. The van der Waals surface area contributed by atoms with Gasteiger partial charge in [0.05, 0.1) is 6.61 Å². The molecule has 0 saturated heterocycles. The molecule has 0 aliphatic heterocycles. The number of aryl methyl sites for hydroxylation is 1. The van der Waals surface area contributed by atoms with E-state index in [0.29, 0.717) is 16.6 Å². The molecule has 0 spiro atoms. The molecule has 258 valence electrons. The van der Waals surface area contributed by atoms with Crippen molar-refractivity contribution in [3.05, 3.63) is 76.1 Å². The number of amides is 4. The van der Waals surface area contributed by atoms with E-state index in [4.69, 9.17) is 20.6 Å². The lowest BCUT2D eigenvalue weighted by Gasteiger charge is -2.26. The highest BCUT2D eigenvalue weighted by Crippen LogP contribution is 2.21. The van der Waals surface area contributed by atoms with Crippen molar-refractivity contribution >= 4 is 46.4 Å². The molecule has 3 rings (SSSR count). The Bertz CT molecular complexity index is 1680. The number of carbonyl (C=O) groups is 4. The maximum absolute atomic E-state index is 13.4. The number of nitrogens with zero attached hydrogens (tertiary/aromatic N) is 1. The Morgan fingerprint density at radius 1 is 0.917 bits per heavy atom. The highest BCUT2D eigenvalue weighted by Gasteiger charge is 2.30. The lowest BCUT2D eigenvalue weighted by molar-refractivity contribution is -0.132. The minimum Gasteiger partial charge on any atom is -0.444 e. The number of nitrogens with two attached hydrogens (primary N) is 2. The first-order valence-corrected chi connectivity index (χ1v) is 15.3. The van der Waals surface area contributed by atoms with Crippen molar-refractivity contribution in [1.29, 1.82) is 0 Å². The quantitative estimate of drug-likeness (QED) is 0.0561. The number of nitrogens with one attached hydrogen (secondary N) is 4. The van der Waals surface area contributed by atoms with Gasteiger partial charge in [-0.3, -0.25) is 19.4 Å². The van der Waals surface area contributed by atoms with E-state index in [9.17, 15) is 29.1 Å². The summed E-state index contributed by atoms with van der Waals surface area (Å²) in [6.45, 7) is 6.13. The molecule has 0 fully saturated rings. The molecule has 0 aliphatic carbocycles. The van der Waals surface area contributed by atoms with E-state index in [1.165, 1.54) is 12.1 Å². The second kappa shape index (κ2) is 16.9. The van der Waals surface area contributed by atoms with Gasteiger partial charge in [-0.2, -0.15) is 0 Å². The summed E-state index contributed by atoms with van der Waals surface area (Å²) in [7, 11) is 0. The smallest absolute Gasteiger partial charge is 0.408 e. The first kappa shape index (κ1) is 37.0. The molecule has 15 heteroatoms. The fourth-order valence-electron chi connectivity index (χ4n) is 4.65. The van der Waals surface area contributed by atoms with Gasteiger partial charge in [0.1, 0.15) is 29.3 Å². The standard InChI is InChI=1S/C33H43N7O8/c1-19-15-27(42)47-26-17-21(12-13-22(19)26)37-28(43)23(11-8-14-36-31(34)35)38-30(45)25(18-41)39-29(44)24(16-20-9-6-5-7-10-20)40-32(46)48-33(2,3)4/h5-7,9-10,12-13,15,17,23-25,41H,8,11,14,16,18H2,1-4H3,(H,37,43)(H,38,45)(H,39,44)(H,40,46)(H4,34,35,36)/t23-,24-,25-/m1/s1. The van der Waals surface area contributed by atoms with Crippen LogP contribution in [0.1, 0.15) is 44.7 Å². The highest BCUT2D eigenvalue weighted by atomic mass is 16.6. The Balaban J connectivity index is 1.77. The van der Waals surface area contributed by atoms with E-state index >= 15 is 0 Å². The molecule has 0 saturated carbocycles. The molecular weight excluding hydrogens is 622 g/mol. The maximum atomic E-state index is 13.4. The van der Waals surface area contributed by atoms with Gasteiger partial charge in [-0.05, 0) is 63.8 Å². The lowest BCUT2D eigenvalue weighted by atomic mass is 10.0. The lowest BCUT2D eigenvalue weighted by Crippen LogP contribution is -2.58. The molecule has 0 aliphatic rings. The molecule has 1 aromatic heterocycles. The minimum atomic E-state index is -1.48. The van der Waals surface area contributed by atoms with Gasteiger partial charge in [-0.25, -0.2) is 9.59 Å². The molecule has 4 amide bonds. The highest BCUT2D eigenvalue weighted by molar-refractivity contribution is 6.00. The fraction of sp³-hybridized carbons (Fsp3) is 0.394. The zero-order valence-electron chi connectivity index (χ0n) is 27.4. The van der Waals surface area contributed by atoms with Crippen LogP contribution in [0.2, 0.25) is 0 Å². The van der Waals surface area contributed by atoms with Crippen LogP contribution >= 0.6 is 0 Å². The molecule has 0 unspecified atom stereocenters. The van der Waals surface area contributed by atoms with Crippen LogP contribution in [-0.4, -0.2) is 71.8 Å². The zero-order valence-corrected chi connectivity index (χ0v) is 27.4. The summed E-state index contributed by atoms with van der Waals surface area (Å²) in [5.74, 6) is -2.38. The fourth-order valence-corrected chi connectivity index (χ4v) is 4.65. The van der Waals surface area contributed by atoms with Gasteiger partial charge in [-0.1, -0.05) is 30.3 Å². The van der Waals surface area contributed by atoms with Crippen molar-refractivity contribution in [3.63, 3.8) is 0 Å². The topological polar surface area (TPSA) is 240 Å². The van der Waals surface area contributed by atoms with Crippen LogP contribution in [0.3, 0.4) is 0 Å². The van der Waals surface area contributed by atoms with E-state index in [1.807, 2.05) is 0 Å². The zero-order chi connectivity index (χ0) is 35.4. The van der Waals surface area contributed by atoms with Crippen molar-refractivity contribution in [2.75, 3.05) is 18.5 Å². The number of aliphatic hydroxyl groups is 1. The van der Waals surface area contributed by atoms with E-state index in [-0.39, 0.29) is 37.3 Å². The number of rotatable bonds is 14. The van der Waals surface area contributed by atoms with Crippen molar-refractivity contribution in [1.82, 2.24) is 16.0 Å². The second-order valence-electron chi connectivity index (χ2n) is 12.1. The number of guanidine groups is 1. The molecular formula is C33H43N7O8. The number of alkyl carbamates (subject to hydrolysis) is 1. The number of hydrogen-bond acceptors (Lipinski definition) is 9.